The van der Waals surface area contributed by atoms with E-state index in [1.165, 1.54) is 13.2 Å². The van der Waals surface area contributed by atoms with Gasteiger partial charge in [-0.05, 0) is 18.6 Å². The molecule has 0 saturated heterocycles. The first-order valence-electron chi connectivity index (χ1n) is 6.07. The first-order valence-corrected chi connectivity index (χ1v) is 6.07. The van der Waals surface area contributed by atoms with Gasteiger partial charge in [0.15, 0.2) is 0 Å². The second-order valence-electron chi connectivity index (χ2n) is 4.05. The van der Waals surface area contributed by atoms with Gasteiger partial charge >= 0.3 is 5.97 Å². The van der Waals surface area contributed by atoms with Crippen LogP contribution < -0.4 is 5.32 Å². The summed E-state index contributed by atoms with van der Waals surface area (Å²) in [6.45, 7) is 1.86. The van der Waals surface area contributed by atoms with Crippen LogP contribution in [0.3, 0.4) is 0 Å². The Morgan fingerprint density at radius 1 is 1.33 bits per heavy atom. The van der Waals surface area contributed by atoms with E-state index in [1.807, 2.05) is 0 Å². The van der Waals surface area contributed by atoms with Gasteiger partial charge in [0.2, 0.25) is 0 Å². The van der Waals surface area contributed by atoms with E-state index in [4.69, 9.17) is 0 Å². The van der Waals surface area contributed by atoms with Crippen molar-refractivity contribution in [2.24, 2.45) is 0 Å². The fourth-order valence-electron chi connectivity index (χ4n) is 1.63. The second kappa shape index (κ2) is 7.13. The minimum atomic E-state index is -0.992. The minimum absolute atomic E-state index is 0.160. The SMILES string of the molecule is CCNC(=O)C(=O)c1ccc(CC(=O)OC)cc1[N+](=O)[O-]. The molecule has 0 aliphatic rings. The largest absolute Gasteiger partial charge is 0.469 e. The minimum Gasteiger partial charge on any atom is -0.469 e. The van der Waals surface area contributed by atoms with Gasteiger partial charge in [-0.25, -0.2) is 0 Å². The van der Waals surface area contributed by atoms with Crippen molar-refractivity contribution in [2.75, 3.05) is 13.7 Å². The molecule has 8 heteroatoms. The number of hydrogen-bond acceptors (Lipinski definition) is 6. The van der Waals surface area contributed by atoms with Crippen LogP contribution >= 0.6 is 0 Å². The van der Waals surface area contributed by atoms with Crippen LogP contribution in [-0.2, 0) is 20.7 Å². The number of rotatable bonds is 6. The van der Waals surface area contributed by atoms with Gasteiger partial charge in [0.05, 0.1) is 18.5 Å². The summed E-state index contributed by atoms with van der Waals surface area (Å²) in [7, 11) is 1.20. The normalized spacial score (nSPS) is 9.81. The molecule has 112 valence electrons. The third-order valence-electron chi connectivity index (χ3n) is 2.62. The van der Waals surface area contributed by atoms with Crippen molar-refractivity contribution in [3.8, 4) is 0 Å². The number of esters is 1. The van der Waals surface area contributed by atoms with Gasteiger partial charge in [-0.3, -0.25) is 24.5 Å². The number of nitrogens with one attached hydrogen (secondary N) is 1. The maximum absolute atomic E-state index is 11.8. The van der Waals surface area contributed by atoms with Gasteiger partial charge in [-0.2, -0.15) is 0 Å². The maximum atomic E-state index is 11.8. The summed E-state index contributed by atoms with van der Waals surface area (Å²) < 4.78 is 4.46. The lowest BCUT2D eigenvalue weighted by atomic mass is 10.0. The van der Waals surface area contributed by atoms with Gasteiger partial charge in [0, 0.05) is 12.6 Å². The number of amides is 1. The maximum Gasteiger partial charge on any atom is 0.309 e. The highest BCUT2D eigenvalue weighted by Crippen LogP contribution is 2.21. The monoisotopic (exact) mass is 294 g/mol. The number of nitro benzene ring substituents is 1. The van der Waals surface area contributed by atoms with Crippen LogP contribution in [0.5, 0.6) is 0 Å². The molecule has 0 fully saturated rings. The first kappa shape index (κ1) is 16.3. The molecule has 1 amide bonds. The highest BCUT2D eigenvalue weighted by atomic mass is 16.6. The number of carbonyl (C=O) groups is 3. The molecule has 1 aromatic carbocycles. The number of methoxy groups -OCH3 is 1. The zero-order chi connectivity index (χ0) is 16.0. The lowest BCUT2D eigenvalue weighted by Gasteiger charge is -2.05. The van der Waals surface area contributed by atoms with Crippen molar-refractivity contribution in [3.63, 3.8) is 0 Å². The molecule has 21 heavy (non-hydrogen) atoms. The molecule has 0 radical (unpaired) electrons. The molecule has 0 atom stereocenters. The third-order valence-corrected chi connectivity index (χ3v) is 2.62. The third kappa shape index (κ3) is 4.10. The molecule has 0 aliphatic carbocycles. The second-order valence-corrected chi connectivity index (χ2v) is 4.05. The number of Topliss-reactive ketones (excluding diaryl/α,β-unsaturated/α-hetero) is 1. The molecule has 0 saturated carbocycles. The number of benzene rings is 1. The van der Waals surface area contributed by atoms with E-state index in [0.29, 0.717) is 5.56 Å². The summed E-state index contributed by atoms with van der Waals surface area (Å²) in [6.07, 6.45) is -0.160. The lowest BCUT2D eigenvalue weighted by molar-refractivity contribution is -0.385. The van der Waals surface area contributed by atoms with Crippen LogP contribution in [0, 0.1) is 10.1 Å². The Labute approximate surface area is 120 Å². The molecule has 1 rings (SSSR count). The molecular weight excluding hydrogens is 280 g/mol. The number of hydrogen-bond donors (Lipinski definition) is 1. The summed E-state index contributed by atoms with van der Waals surface area (Å²) in [5.41, 5.74) is -0.520. The number of nitrogens with zero attached hydrogens (tertiary/aromatic N) is 1. The molecule has 1 N–H and O–H groups in total. The number of ketones is 1. The van der Waals surface area contributed by atoms with Crippen LogP contribution in [0.2, 0.25) is 0 Å². The molecular formula is C13H14N2O6. The summed E-state index contributed by atoms with van der Waals surface area (Å²) >= 11 is 0. The fraction of sp³-hybridized carbons (Fsp3) is 0.308. The zero-order valence-electron chi connectivity index (χ0n) is 11.5. The van der Waals surface area contributed by atoms with Crippen molar-refractivity contribution in [1.82, 2.24) is 5.32 Å². The predicted octanol–water partition coefficient (Wildman–Crippen LogP) is 0.629. The average Bonchev–Trinajstić information content (AvgIpc) is 2.46. The summed E-state index contributed by atoms with van der Waals surface area (Å²) in [6, 6.07) is 3.62. The van der Waals surface area contributed by atoms with Crippen LogP contribution in [-0.4, -0.2) is 36.2 Å². The Bertz CT molecular complexity index is 596. The summed E-state index contributed by atoms with van der Waals surface area (Å²) in [4.78, 5) is 44.7. The van der Waals surface area contributed by atoms with Crippen molar-refractivity contribution < 1.29 is 24.0 Å². The van der Waals surface area contributed by atoms with E-state index in [-0.39, 0.29) is 18.5 Å². The molecule has 8 nitrogen and oxygen atoms in total. The average molecular weight is 294 g/mol. The number of ether oxygens (including phenoxy) is 1. The molecule has 0 spiro atoms. The first-order chi connectivity index (χ1) is 9.90. The molecule has 0 aromatic heterocycles. The Hall–Kier alpha value is -2.77. The highest BCUT2D eigenvalue weighted by molar-refractivity contribution is 6.43. The number of nitro groups is 1. The van der Waals surface area contributed by atoms with Crippen LogP contribution in [0.15, 0.2) is 18.2 Å². The van der Waals surface area contributed by atoms with Crippen molar-refractivity contribution in [1.29, 1.82) is 0 Å². The van der Waals surface area contributed by atoms with Crippen molar-refractivity contribution in [3.05, 3.63) is 39.4 Å². The number of carbonyl (C=O) groups excluding carboxylic acids is 3. The van der Waals surface area contributed by atoms with E-state index in [2.05, 4.69) is 10.1 Å². The number of likely N-dealkylation sites (N-methyl/N-ethyl adjacent to an activating group) is 1. The smallest absolute Gasteiger partial charge is 0.309 e. The Kier molecular flexibility index (Phi) is 5.53. The molecule has 0 heterocycles. The fourth-order valence-corrected chi connectivity index (χ4v) is 1.63. The Balaban J connectivity index is 3.16. The van der Waals surface area contributed by atoms with E-state index in [9.17, 15) is 24.5 Å². The predicted molar refractivity (Wildman–Crippen MR) is 71.8 cm³/mol. The summed E-state index contributed by atoms with van der Waals surface area (Å²) in [5.74, 6) is -2.47. The standard InChI is InChI=1S/C13H14N2O6/c1-3-14-13(18)12(17)9-5-4-8(7-11(16)21-2)6-10(9)15(19)20/h4-6H,3,7H2,1-2H3,(H,14,18). The van der Waals surface area contributed by atoms with Gasteiger partial charge in [0.1, 0.15) is 5.56 Å². The van der Waals surface area contributed by atoms with E-state index in [0.717, 1.165) is 12.1 Å². The summed E-state index contributed by atoms with van der Waals surface area (Å²) in [5, 5.41) is 13.3. The van der Waals surface area contributed by atoms with Crippen LogP contribution in [0.4, 0.5) is 5.69 Å². The van der Waals surface area contributed by atoms with Crippen molar-refractivity contribution >= 4 is 23.3 Å². The molecule has 1 aromatic rings. The van der Waals surface area contributed by atoms with Gasteiger partial charge in [-0.15, -0.1) is 0 Å². The Morgan fingerprint density at radius 2 is 2.00 bits per heavy atom. The van der Waals surface area contributed by atoms with Gasteiger partial charge in [0.25, 0.3) is 17.4 Å². The van der Waals surface area contributed by atoms with E-state index >= 15 is 0 Å². The Morgan fingerprint density at radius 3 is 2.52 bits per heavy atom. The van der Waals surface area contributed by atoms with E-state index < -0.39 is 28.3 Å². The zero-order valence-corrected chi connectivity index (χ0v) is 11.5. The molecule has 0 unspecified atom stereocenters. The quantitative estimate of drug-likeness (QED) is 0.270. The van der Waals surface area contributed by atoms with Crippen LogP contribution in [0.1, 0.15) is 22.8 Å². The van der Waals surface area contributed by atoms with Crippen LogP contribution in [0.25, 0.3) is 0 Å². The lowest BCUT2D eigenvalue weighted by Crippen LogP contribution is -2.31. The topological polar surface area (TPSA) is 116 Å². The van der Waals surface area contributed by atoms with Crippen molar-refractivity contribution in [2.45, 2.75) is 13.3 Å². The van der Waals surface area contributed by atoms with Gasteiger partial charge in [-0.1, -0.05) is 6.07 Å². The van der Waals surface area contributed by atoms with Gasteiger partial charge < -0.3 is 10.1 Å². The highest BCUT2D eigenvalue weighted by Gasteiger charge is 2.25. The molecule has 0 bridgehead atoms. The molecule has 0 aliphatic heterocycles. The van der Waals surface area contributed by atoms with E-state index in [1.54, 1.807) is 6.92 Å².